The fourth-order valence-corrected chi connectivity index (χ4v) is 3.07. The Labute approximate surface area is 130 Å². The number of amides is 1. The maximum Gasteiger partial charge on any atom is 0.220 e. The van der Waals surface area contributed by atoms with E-state index < -0.39 is 0 Å². The van der Waals surface area contributed by atoms with Crippen LogP contribution in [0.2, 0.25) is 0 Å². The highest BCUT2D eigenvalue weighted by atomic mass is 16.5. The molecule has 124 valence electrons. The maximum atomic E-state index is 12.0. The van der Waals surface area contributed by atoms with Gasteiger partial charge in [0, 0.05) is 19.6 Å². The van der Waals surface area contributed by atoms with Gasteiger partial charge in [-0.2, -0.15) is 0 Å². The van der Waals surface area contributed by atoms with E-state index in [2.05, 4.69) is 31.4 Å². The summed E-state index contributed by atoms with van der Waals surface area (Å²) in [6.07, 6.45) is 4.28. The van der Waals surface area contributed by atoms with Gasteiger partial charge in [-0.3, -0.25) is 4.79 Å². The predicted molar refractivity (Wildman–Crippen MR) is 87.3 cm³/mol. The van der Waals surface area contributed by atoms with Crippen LogP contribution < -0.4 is 10.6 Å². The molecule has 0 aromatic carbocycles. The molecular formula is C17H34N2O2. The number of nitrogens with one attached hydrogen (secondary N) is 2. The lowest BCUT2D eigenvalue weighted by Crippen LogP contribution is -2.36. The van der Waals surface area contributed by atoms with Crippen molar-refractivity contribution in [2.45, 2.75) is 59.5 Å². The Bertz CT molecular complexity index is 289. The molecule has 0 aliphatic carbocycles. The summed E-state index contributed by atoms with van der Waals surface area (Å²) in [6.45, 7) is 12.2. The third-order valence-corrected chi connectivity index (χ3v) is 4.52. The van der Waals surface area contributed by atoms with Crippen molar-refractivity contribution < 1.29 is 9.53 Å². The maximum absolute atomic E-state index is 12.0. The molecule has 4 nitrogen and oxygen atoms in total. The topological polar surface area (TPSA) is 50.4 Å². The quantitative estimate of drug-likeness (QED) is 0.688. The molecule has 0 aromatic heterocycles. The zero-order valence-electron chi connectivity index (χ0n) is 14.3. The van der Waals surface area contributed by atoms with Gasteiger partial charge in [-0.25, -0.2) is 0 Å². The first-order valence-corrected chi connectivity index (χ1v) is 8.63. The minimum Gasteiger partial charge on any atom is -0.378 e. The molecule has 0 saturated carbocycles. The van der Waals surface area contributed by atoms with E-state index >= 15 is 0 Å². The summed E-state index contributed by atoms with van der Waals surface area (Å²) >= 11 is 0. The van der Waals surface area contributed by atoms with Crippen molar-refractivity contribution in [3.05, 3.63) is 0 Å². The number of hydrogen-bond donors (Lipinski definition) is 2. The first kappa shape index (κ1) is 18.4. The second kappa shape index (κ2) is 10.2. The Morgan fingerprint density at radius 1 is 1.38 bits per heavy atom. The SMILES string of the molecule is CCOC(CCNC(=O)CC(C)C1CCCNC1)C(C)C. The largest absolute Gasteiger partial charge is 0.378 e. The minimum atomic E-state index is 0.187. The monoisotopic (exact) mass is 298 g/mol. The Balaban J connectivity index is 2.20. The van der Waals surface area contributed by atoms with Crippen molar-refractivity contribution in [2.24, 2.45) is 17.8 Å². The van der Waals surface area contributed by atoms with Gasteiger partial charge >= 0.3 is 0 Å². The first-order chi connectivity index (χ1) is 10.0. The van der Waals surface area contributed by atoms with E-state index in [-0.39, 0.29) is 12.0 Å². The molecule has 0 spiro atoms. The van der Waals surface area contributed by atoms with Crippen LogP contribution in [0.1, 0.15) is 53.4 Å². The van der Waals surface area contributed by atoms with Gasteiger partial charge in [0.15, 0.2) is 0 Å². The summed E-state index contributed by atoms with van der Waals surface area (Å²) in [5.41, 5.74) is 0. The molecule has 4 heteroatoms. The number of ether oxygens (including phenoxy) is 1. The zero-order chi connectivity index (χ0) is 15.7. The van der Waals surface area contributed by atoms with Crippen molar-refractivity contribution in [3.63, 3.8) is 0 Å². The number of carbonyl (C=O) groups excluding carboxylic acids is 1. The molecule has 21 heavy (non-hydrogen) atoms. The molecule has 1 aliphatic rings. The van der Waals surface area contributed by atoms with Crippen LogP contribution in [0, 0.1) is 17.8 Å². The number of carbonyl (C=O) groups is 1. The molecule has 0 radical (unpaired) electrons. The standard InChI is InChI=1S/C17H34N2O2/c1-5-21-16(13(2)3)8-10-19-17(20)11-14(4)15-7-6-9-18-12-15/h13-16,18H,5-12H2,1-4H3,(H,19,20). The minimum absolute atomic E-state index is 0.187. The van der Waals surface area contributed by atoms with Gasteiger partial charge in [0.05, 0.1) is 6.10 Å². The lowest BCUT2D eigenvalue weighted by Gasteiger charge is -2.28. The number of hydrogen-bond acceptors (Lipinski definition) is 3. The van der Waals surface area contributed by atoms with E-state index in [0.29, 0.717) is 24.2 Å². The van der Waals surface area contributed by atoms with Crippen molar-refractivity contribution in [3.8, 4) is 0 Å². The van der Waals surface area contributed by atoms with E-state index in [1.807, 2.05) is 6.92 Å². The van der Waals surface area contributed by atoms with Crippen LogP contribution in [-0.2, 0) is 9.53 Å². The molecule has 0 aromatic rings. The summed E-state index contributed by atoms with van der Waals surface area (Å²) in [6, 6.07) is 0. The van der Waals surface area contributed by atoms with Crippen LogP contribution in [0.25, 0.3) is 0 Å². The molecule has 3 atom stereocenters. The summed E-state index contributed by atoms with van der Waals surface area (Å²) in [7, 11) is 0. The normalized spacial score (nSPS) is 22.0. The van der Waals surface area contributed by atoms with Crippen molar-refractivity contribution in [1.82, 2.24) is 10.6 Å². The van der Waals surface area contributed by atoms with E-state index in [4.69, 9.17) is 4.74 Å². The van der Waals surface area contributed by atoms with E-state index in [1.165, 1.54) is 12.8 Å². The van der Waals surface area contributed by atoms with Crippen LogP contribution in [0.3, 0.4) is 0 Å². The zero-order valence-corrected chi connectivity index (χ0v) is 14.3. The molecule has 1 saturated heterocycles. The number of rotatable bonds is 9. The fraction of sp³-hybridized carbons (Fsp3) is 0.941. The molecule has 1 heterocycles. The van der Waals surface area contributed by atoms with E-state index in [0.717, 1.165) is 32.7 Å². The van der Waals surface area contributed by atoms with E-state index in [1.54, 1.807) is 0 Å². The first-order valence-electron chi connectivity index (χ1n) is 8.63. The van der Waals surface area contributed by atoms with Gasteiger partial charge in [-0.05, 0) is 57.0 Å². The third kappa shape index (κ3) is 7.28. The molecule has 1 rings (SSSR count). The lowest BCUT2D eigenvalue weighted by molar-refractivity contribution is -0.122. The van der Waals surface area contributed by atoms with Crippen LogP contribution in [0.15, 0.2) is 0 Å². The van der Waals surface area contributed by atoms with Crippen molar-refractivity contribution >= 4 is 5.91 Å². The average molecular weight is 298 g/mol. The fourth-order valence-electron chi connectivity index (χ4n) is 3.07. The van der Waals surface area contributed by atoms with Gasteiger partial charge in [-0.1, -0.05) is 20.8 Å². The molecule has 1 amide bonds. The second-order valence-corrected chi connectivity index (χ2v) is 6.66. The molecule has 1 fully saturated rings. The highest BCUT2D eigenvalue weighted by Gasteiger charge is 2.22. The summed E-state index contributed by atoms with van der Waals surface area (Å²) in [4.78, 5) is 12.0. The van der Waals surface area contributed by atoms with Crippen molar-refractivity contribution in [2.75, 3.05) is 26.2 Å². The van der Waals surface area contributed by atoms with E-state index in [9.17, 15) is 4.79 Å². The number of piperidine rings is 1. The summed E-state index contributed by atoms with van der Waals surface area (Å²) in [5, 5.41) is 6.48. The smallest absolute Gasteiger partial charge is 0.220 e. The van der Waals surface area contributed by atoms with Gasteiger partial charge < -0.3 is 15.4 Å². The third-order valence-electron chi connectivity index (χ3n) is 4.52. The summed E-state index contributed by atoms with van der Waals surface area (Å²) < 4.78 is 5.70. The van der Waals surface area contributed by atoms with Crippen LogP contribution in [-0.4, -0.2) is 38.3 Å². The lowest BCUT2D eigenvalue weighted by atomic mass is 9.85. The summed E-state index contributed by atoms with van der Waals surface area (Å²) in [5.74, 6) is 1.79. The highest BCUT2D eigenvalue weighted by Crippen LogP contribution is 2.22. The predicted octanol–water partition coefficient (Wildman–Crippen LogP) is 2.58. The van der Waals surface area contributed by atoms with Crippen LogP contribution >= 0.6 is 0 Å². The van der Waals surface area contributed by atoms with Crippen LogP contribution in [0.4, 0.5) is 0 Å². The Kier molecular flexibility index (Phi) is 8.93. The van der Waals surface area contributed by atoms with Crippen LogP contribution in [0.5, 0.6) is 0 Å². The van der Waals surface area contributed by atoms with Gasteiger partial charge in [-0.15, -0.1) is 0 Å². The molecule has 0 bridgehead atoms. The Morgan fingerprint density at radius 2 is 2.14 bits per heavy atom. The average Bonchev–Trinajstić information content (AvgIpc) is 2.47. The molecular weight excluding hydrogens is 264 g/mol. The van der Waals surface area contributed by atoms with Gasteiger partial charge in [0.1, 0.15) is 0 Å². The Hall–Kier alpha value is -0.610. The molecule has 1 aliphatic heterocycles. The van der Waals surface area contributed by atoms with Crippen molar-refractivity contribution in [1.29, 1.82) is 0 Å². The highest BCUT2D eigenvalue weighted by molar-refractivity contribution is 5.76. The molecule has 2 N–H and O–H groups in total. The van der Waals surface area contributed by atoms with Gasteiger partial charge in [0.2, 0.25) is 5.91 Å². The van der Waals surface area contributed by atoms with Gasteiger partial charge in [0.25, 0.3) is 0 Å². The molecule has 3 unspecified atom stereocenters. The Morgan fingerprint density at radius 3 is 2.71 bits per heavy atom. The second-order valence-electron chi connectivity index (χ2n) is 6.66.